The highest BCUT2D eigenvalue weighted by atomic mass is 16.4. The average molecular weight is 214 g/mol. The molecule has 88 valence electrons. The molecule has 1 rings (SSSR count). The van der Waals surface area contributed by atoms with Crippen LogP contribution >= 0.6 is 0 Å². The molecule has 1 saturated heterocycles. The standard InChI is InChI=1S/C11H22N2O2/c1-3-4-9(2)7-13-6-5-11(12,8-13)10(14)15/h9H,3-8,12H2,1-2H3,(H,14,15). The molecule has 0 amide bonds. The van der Waals surface area contributed by atoms with E-state index in [9.17, 15) is 4.79 Å². The molecule has 1 fully saturated rings. The Morgan fingerprint density at radius 2 is 2.33 bits per heavy atom. The lowest BCUT2D eigenvalue weighted by Crippen LogP contribution is -2.50. The van der Waals surface area contributed by atoms with Crippen LogP contribution in [0.5, 0.6) is 0 Å². The van der Waals surface area contributed by atoms with Gasteiger partial charge in [-0.1, -0.05) is 20.3 Å². The Morgan fingerprint density at radius 1 is 1.67 bits per heavy atom. The third kappa shape index (κ3) is 3.18. The highest BCUT2D eigenvalue weighted by Crippen LogP contribution is 2.20. The summed E-state index contributed by atoms with van der Waals surface area (Å²) in [5.41, 5.74) is 4.79. The smallest absolute Gasteiger partial charge is 0.325 e. The molecule has 0 aromatic heterocycles. The minimum atomic E-state index is -1.01. The van der Waals surface area contributed by atoms with Crippen LogP contribution in [0.2, 0.25) is 0 Å². The predicted octanol–water partition coefficient (Wildman–Crippen LogP) is 0.910. The van der Waals surface area contributed by atoms with Crippen LogP contribution in [-0.2, 0) is 4.79 Å². The van der Waals surface area contributed by atoms with Crippen molar-refractivity contribution in [2.24, 2.45) is 11.7 Å². The second kappa shape index (κ2) is 4.94. The molecule has 2 unspecified atom stereocenters. The van der Waals surface area contributed by atoms with Gasteiger partial charge in [0.25, 0.3) is 0 Å². The molecular formula is C11H22N2O2. The minimum Gasteiger partial charge on any atom is -0.480 e. The van der Waals surface area contributed by atoms with Crippen molar-refractivity contribution in [1.29, 1.82) is 0 Å². The first-order chi connectivity index (χ1) is 6.98. The summed E-state index contributed by atoms with van der Waals surface area (Å²) in [6.45, 7) is 6.67. The zero-order valence-electron chi connectivity index (χ0n) is 9.70. The van der Waals surface area contributed by atoms with Crippen LogP contribution in [-0.4, -0.2) is 41.1 Å². The van der Waals surface area contributed by atoms with Crippen LogP contribution < -0.4 is 5.73 Å². The molecule has 0 aliphatic carbocycles. The number of carbonyl (C=O) groups is 1. The van der Waals surface area contributed by atoms with Crippen molar-refractivity contribution in [1.82, 2.24) is 4.90 Å². The van der Waals surface area contributed by atoms with E-state index >= 15 is 0 Å². The fraction of sp³-hybridized carbons (Fsp3) is 0.909. The Hall–Kier alpha value is -0.610. The van der Waals surface area contributed by atoms with E-state index in [0.717, 1.165) is 13.1 Å². The minimum absolute atomic E-state index is 0.496. The molecular weight excluding hydrogens is 192 g/mol. The van der Waals surface area contributed by atoms with Crippen molar-refractivity contribution in [3.8, 4) is 0 Å². The molecule has 0 bridgehead atoms. The number of hydrogen-bond donors (Lipinski definition) is 2. The maximum absolute atomic E-state index is 10.9. The topological polar surface area (TPSA) is 66.6 Å². The molecule has 0 saturated carbocycles. The van der Waals surface area contributed by atoms with E-state index in [-0.39, 0.29) is 0 Å². The molecule has 4 nitrogen and oxygen atoms in total. The van der Waals surface area contributed by atoms with Crippen molar-refractivity contribution in [2.45, 2.75) is 38.6 Å². The largest absolute Gasteiger partial charge is 0.480 e. The fourth-order valence-electron chi connectivity index (χ4n) is 2.27. The Balaban J connectivity index is 2.39. The summed E-state index contributed by atoms with van der Waals surface area (Å²) in [5, 5.41) is 8.98. The van der Waals surface area contributed by atoms with Gasteiger partial charge in [-0.25, -0.2) is 0 Å². The van der Waals surface area contributed by atoms with E-state index in [4.69, 9.17) is 10.8 Å². The van der Waals surface area contributed by atoms with Gasteiger partial charge in [0, 0.05) is 19.6 Å². The van der Waals surface area contributed by atoms with E-state index in [2.05, 4.69) is 18.7 Å². The number of nitrogens with zero attached hydrogens (tertiary/aromatic N) is 1. The van der Waals surface area contributed by atoms with Gasteiger partial charge < -0.3 is 15.7 Å². The second-order valence-corrected chi connectivity index (χ2v) is 4.84. The lowest BCUT2D eigenvalue weighted by atomic mass is 10.0. The maximum Gasteiger partial charge on any atom is 0.325 e. The predicted molar refractivity (Wildman–Crippen MR) is 59.7 cm³/mol. The van der Waals surface area contributed by atoms with E-state index in [1.807, 2.05) is 0 Å². The monoisotopic (exact) mass is 214 g/mol. The molecule has 15 heavy (non-hydrogen) atoms. The first-order valence-corrected chi connectivity index (χ1v) is 5.72. The van der Waals surface area contributed by atoms with Gasteiger partial charge in [-0.05, 0) is 18.8 Å². The normalized spacial score (nSPS) is 29.3. The third-order valence-electron chi connectivity index (χ3n) is 3.16. The lowest BCUT2D eigenvalue weighted by Gasteiger charge is -2.22. The van der Waals surface area contributed by atoms with Gasteiger partial charge in [0.15, 0.2) is 0 Å². The Morgan fingerprint density at radius 3 is 2.80 bits per heavy atom. The van der Waals surface area contributed by atoms with Crippen LogP contribution in [0.25, 0.3) is 0 Å². The van der Waals surface area contributed by atoms with Crippen molar-refractivity contribution in [2.75, 3.05) is 19.6 Å². The molecule has 4 heteroatoms. The number of carboxylic acids is 1. The Labute approximate surface area is 91.4 Å². The molecule has 0 spiro atoms. The summed E-state index contributed by atoms with van der Waals surface area (Å²) >= 11 is 0. The highest BCUT2D eigenvalue weighted by Gasteiger charge is 2.41. The summed E-state index contributed by atoms with van der Waals surface area (Å²) in [6, 6.07) is 0. The second-order valence-electron chi connectivity index (χ2n) is 4.84. The van der Waals surface area contributed by atoms with Crippen LogP contribution in [0.4, 0.5) is 0 Å². The SMILES string of the molecule is CCCC(C)CN1CCC(N)(C(=O)O)C1. The summed E-state index contributed by atoms with van der Waals surface area (Å²) in [6.07, 6.45) is 2.95. The Bertz CT molecular complexity index is 233. The summed E-state index contributed by atoms with van der Waals surface area (Å²) in [4.78, 5) is 13.1. The molecule has 1 heterocycles. The van der Waals surface area contributed by atoms with Gasteiger partial charge in [0.05, 0.1) is 0 Å². The van der Waals surface area contributed by atoms with Crippen LogP contribution in [0.15, 0.2) is 0 Å². The summed E-state index contributed by atoms with van der Waals surface area (Å²) < 4.78 is 0. The lowest BCUT2D eigenvalue weighted by molar-refractivity contribution is -0.142. The van der Waals surface area contributed by atoms with Gasteiger partial charge >= 0.3 is 5.97 Å². The number of hydrogen-bond acceptors (Lipinski definition) is 3. The molecule has 3 N–H and O–H groups in total. The van der Waals surface area contributed by atoms with Gasteiger partial charge in [-0.3, -0.25) is 4.79 Å². The third-order valence-corrected chi connectivity index (χ3v) is 3.16. The van der Waals surface area contributed by atoms with Crippen molar-refractivity contribution in [3.05, 3.63) is 0 Å². The zero-order valence-corrected chi connectivity index (χ0v) is 9.70. The van der Waals surface area contributed by atoms with E-state index in [1.165, 1.54) is 12.8 Å². The summed E-state index contributed by atoms with van der Waals surface area (Å²) in [5.74, 6) is -0.237. The average Bonchev–Trinajstić information content (AvgIpc) is 2.49. The quantitative estimate of drug-likeness (QED) is 0.714. The van der Waals surface area contributed by atoms with E-state index < -0.39 is 11.5 Å². The molecule has 1 aliphatic rings. The van der Waals surface area contributed by atoms with Crippen molar-refractivity contribution in [3.63, 3.8) is 0 Å². The van der Waals surface area contributed by atoms with Gasteiger partial charge in [0.2, 0.25) is 0 Å². The number of carboxylic acid groups (broad SMARTS) is 1. The van der Waals surface area contributed by atoms with Gasteiger partial charge in [-0.15, -0.1) is 0 Å². The first-order valence-electron chi connectivity index (χ1n) is 5.72. The number of likely N-dealkylation sites (tertiary alicyclic amines) is 1. The van der Waals surface area contributed by atoms with Gasteiger partial charge in [-0.2, -0.15) is 0 Å². The molecule has 0 radical (unpaired) electrons. The molecule has 1 aliphatic heterocycles. The number of nitrogens with two attached hydrogens (primary N) is 1. The summed E-state index contributed by atoms with van der Waals surface area (Å²) in [7, 11) is 0. The molecule has 0 aromatic rings. The maximum atomic E-state index is 10.9. The number of aliphatic carboxylic acids is 1. The fourth-order valence-corrected chi connectivity index (χ4v) is 2.27. The molecule has 0 aromatic carbocycles. The number of rotatable bonds is 5. The van der Waals surface area contributed by atoms with E-state index in [0.29, 0.717) is 18.9 Å². The van der Waals surface area contributed by atoms with Crippen LogP contribution in [0.1, 0.15) is 33.1 Å². The van der Waals surface area contributed by atoms with Gasteiger partial charge in [0.1, 0.15) is 5.54 Å². The van der Waals surface area contributed by atoms with Crippen LogP contribution in [0, 0.1) is 5.92 Å². The van der Waals surface area contributed by atoms with E-state index in [1.54, 1.807) is 0 Å². The highest BCUT2D eigenvalue weighted by molar-refractivity contribution is 5.79. The van der Waals surface area contributed by atoms with Crippen LogP contribution in [0.3, 0.4) is 0 Å². The van der Waals surface area contributed by atoms with Crippen molar-refractivity contribution >= 4 is 5.97 Å². The van der Waals surface area contributed by atoms with Crippen molar-refractivity contribution < 1.29 is 9.90 Å². The zero-order chi connectivity index (χ0) is 11.5. The first kappa shape index (κ1) is 12.5. The Kier molecular flexibility index (Phi) is 4.11. The molecule has 2 atom stereocenters.